The zero-order chi connectivity index (χ0) is 16.7. The lowest BCUT2D eigenvalue weighted by Gasteiger charge is -2.12. The molecule has 0 radical (unpaired) electrons. The van der Waals surface area contributed by atoms with Gasteiger partial charge in [0.25, 0.3) is 0 Å². The number of carbonyl (C=O) groups excluding carboxylic acids is 1. The average Bonchev–Trinajstić information content (AvgIpc) is 2.58. The molecule has 0 bridgehead atoms. The lowest BCUT2D eigenvalue weighted by molar-refractivity contribution is 0.0939. The maximum Gasteiger partial charge on any atom is 0.165 e. The highest BCUT2D eigenvalue weighted by Gasteiger charge is 2.13. The van der Waals surface area contributed by atoms with Crippen LogP contribution in [0.5, 0.6) is 5.75 Å². The molecule has 3 nitrogen and oxygen atoms in total. The van der Waals surface area contributed by atoms with Crippen LogP contribution in [0, 0.1) is 5.92 Å². The van der Waals surface area contributed by atoms with E-state index in [-0.39, 0.29) is 13.1 Å². The van der Waals surface area contributed by atoms with E-state index < -0.39 is 0 Å². The molecule has 2 aromatic carbocycles. The number of Topliss-reactive ketones (excluding diaryl/α,β-unsaturated/α-hetero) is 1. The Morgan fingerprint density at radius 1 is 1.13 bits per heavy atom. The second-order valence-electron chi connectivity index (χ2n) is 5.83. The number of ether oxygens (including phenoxy) is 1. The first kappa shape index (κ1) is 17.2. The van der Waals surface area contributed by atoms with E-state index in [0.717, 1.165) is 30.0 Å². The third-order valence-corrected chi connectivity index (χ3v) is 3.62. The van der Waals surface area contributed by atoms with Gasteiger partial charge in [0.15, 0.2) is 5.78 Å². The number of carbonyl (C=O) groups is 1. The standard InChI is InChI=1S/C20H25NO2.H2/c1-4-21-10-11-23-19-13-17(16-8-6-5-7-9-16)12-18(14-19)20(22)15(2)3;/h5-9,12-15,21H,4,10-11H2,1-3H3;1H. The number of benzene rings is 2. The Kier molecular flexibility index (Phi) is 6.36. The second kappa shape index (κ2) is 8.49. The van der Waals surface area contributed by atoms with Crippen LogP contribution in [0.25, 0.3) is 11.1 Å². The van der Waals surface area contributed by atoms with E-state index in [0.29, 0.717) is 12.2 Å². The van der Waals surface area contributed by atoms with Gasteiger partial charge in [-0.05, 0) is 35.9 Å². The van der Waals surface area contributed by atoms with E-state index in [2.05, 4.69) is 12.2 Å². The topological polar surface area (TPSA) is 38.3 Å². The molecule has 0 saturated carbocycles. The molecule has 2 aromatic rings. The predicted octanol–water partition coefficient (Wildman–Crippen LogP) is 4.43. The largest absolute Gasteiger partial charge is 0.492 e. The maximum atomic E-state index is 12.4. The van der Waals surface area contributed by atoms with Crippen molar-refractivity contribution in [2.45, 2.75) is 20.8 Å². The molecule has 0 aliphatic rings. The summed E-state index contributed by atoms with van der Waals surface area (Å²) in [6.07, 6.45) is 0. The maximum absolute atomic E-state index is 12.4. The SMILES string of the molecule is CCNCCOc1cc(C(=O)C(C)C)cc(-c2ccccc2)c1.[HH]. The van der Waals surface area contributed by atoms with Gasteiger partial charge >= 0.3 is 0 Å². The monoisotopic (exact) mass is 313 g/mol. The van der Waals surface area contributed by atoms with Crippen molar-refractivity contribution >= 4 is 5.78 Å². The van der Waals surface area contributed by atoms with Gasteiger partial charge in [-0.25, -0.2) is 0 Å². The van der Waals surface area contributed by atoms with Crippen molar-refractivity contribution in [2.75, 3.05) is 19.7 Å². The number of likely N-dealkylation sites (N-methyl/N-ethyl adjacent to an activating group) is 1. The van der Waals surface area contributed by atoms with Gasteiger partial charge < -0.3 is 10.1 Å². The quantitative estimate of drug-likeness (QED) is 0.579. The Morgan fingerprint density at radius 3 is 2.52 bits per heavy atom. The fraction of sp³-hybridized carbons (Fsp3) is 0.350. The van der Waals surface area contributed by atoms with Gasteiger partial charge in [-0.1, -0.05) is 51.1 Å². The van der Waals surface area contributed by atoms with Gasteiger partial charge in [0, 0.05) is 19.5 Å². The second-order valence-corrected chi connectivity index (χ2v) is 5.83. The summed E-state index contributed by atoms with van der Waals surface area (Å²) in [6, 6.07) is 15.9. The van der Waals surface area contributed by atoms with Crippen molar-refractivity contribution in [3.8, 4) is 16.9 Å². The van der Waals surface area contributed by atoms with Crippen LogP contribution in [-0.2, 0) is 0 Å². The molecule has 0 unspecified atom stereocenters. The van der Waals surface area contributed by atoms with Crippen molar-refractivity contribution in [3.05, 3.63) is 54.1 Å². The zero-order valence-electron chi connectivity index (χ0n) is 14.1. The minimum atomic E-state index is -0.0318. The predicted molar refractivity (Wildman–Crippen MR) is 97.2 cm³/mol. The van der Waals surface area contributed by atoms with Gasteiger partial charge in [0.05, 0.1) is 0 Å². The molecule has 0 atom stereocenters. The van der Waals surface area contributed by atoms with Gasteiger partial charge in [-0.15, -0.1) is 0 Å². The Labute approximate surface area is 140 Å². The summed E-state index contributed by atoms with van der Waals surface area (Å²) in [7, 11) is 0. The van der Waals surface area contributed by atoms with Crippen LogP contribution in [0.1, 0.15) is 32.6 Å². The number of ketones is 1. The summed E-state index contributed by atoms with van der Waals surface area (Å²) in [5.74, 6) is 0.850. The molecule has 3 heteroatoms. The summed E-state index contributed by atoms with van der Waals surface area (Å²) in [5.41, 5.74) is 2.80. The van der Waals surface area contributed by atoms with Crippen molar-refractivity contribution in [2.24, 2.45) is 5.92 Å². The lowest BCUT2D eigenvalue weighted by Crippen LogP contribution is -2.20. The molecular weight excluding hydrogens is 286 g/mol. The van der Waals surface area contributed by atoms with Gasteiger partial charge in [-0.2, -0.15) is 0 Å². The zero-order valence-corrected chi connectivity index (χ0v) is 14.1. The summed E-state index contributed by atoms with van der Waals surface area (Å²) in [5, 5.41) is 3.23. The highest BCUT2D eigenvalue weighted by atomic mass is 16.5. The van der Waals surface area contributed by atoms with Gasteiger partial charge in [0.1, 0.15) is 12.4 Å². The summed E-state index contributed by atoms with van der Waals surface area (Å²) in [4.78, 5) is 12.4. The molecule has 0 aromatic heterocycles. The Hall–Kier alpha value is -2.13. The van der Waals surface area contributed by atoms with Crippen LogP contribution in [0.4, 0.5) is 0 Å². The molecule has 124 valence electrons. The minimum absolute atomic E-state index is 0. The van der Waals surface area contributed by atoms with Crippen LogP contribution in [0.15, 0.2) is 48.5 Å². The molecule has 0 saturated heterocycles. The first-order chi connectivity index (χ1) is 11.1. The summed E-state index contributed by atoms with van der Waals surface area (Å²) >= 11 is 0. The third kappa shape index (κ3) is 4.93. The third-order valence-electron chi connectivity index (χ3n) is 3.62. The minimum Gasteiger partial charge on any atom is -0.492 e. The molecule has 0 heterocycles. The number of rotatable bonds is 8. The fourth-order valence-corrected chi connectivity index (χ4v) is 2.37. The smallest absolute Gasteiger partial charge is 0.165 e. The normalized spacial score (nSPS) is 10.8. The molecule has 0 fully saturated rings. The van der Waals surface area contributed by atoms with E-state index >= 15 is 0 Å². The number of hydrogen-bond donors (Lipinski definition) is 1. The van der Waals surface area contributed by atoms with Crippen LogP contribution >= 0.6 is 0 Å². The van der Waals surface area contributed by atoms with Crippen molar-refractivity contribution < 1.29 is 11.0 Å². The molecule has 2 rings (SSSR count). The molecule has 0 spiro atoms. The number of hydrogen-bond acceptors (Lipinski definition) is 3. The van der Waals surface area contributed by atoms with Crippen LogP contribution in [0.3, 0.4) is 0 Å². The van der Waals surface area contributed by atoms with Crippen LogP contribution in [-0.4, -0.2) is 25.5 Å². The highest BCUT2D eigenvalue weighted by molar-refractivity contribution is 5.99. The molecule has 0 aliphatic carbocycles. The fourth-order valence-electron chi connectivity index (χ4n) is 2.37. The van der Waals surface area contributed by atoms with Crippen molar-refractivity contribution in [3.63, 3.8) is 0 Å². The van der Waals surface area contributed by atoms with E-state index in [1.165, 1.54) is 0 Å². The molecule has 1 N–H and O–H groups in total. The van der Waals surface area contributed by atoms with Crippen molar-refractivity contribution in [1.82, 2.24) is 5.32 Å². The Morgan fingerprint density at radius 2 is 1.87 bits per heavy atom. The van der Waals surface area contributed by atoms with E-state index in [1.807, 2.05) is 62.4 Å². The van der Waals surface area contributed by atoms with E-state index in [4.69, 9.17) is 4.74 Å². The average molecular weight is 313 g/mol. The molecular formula is C20H27NO2. The highest BCUT2D eigenvalue weighted by Crippen LogP contribution is 2.27. The lowest BCUT2D eigenvalue weighted by atomic mass is 9.96. The first-order valence-corrected chi connectivity index (χ1v) is 8.20. The Bertz CT molecular complexity index is 641. The molecule has 0 aliphatic heterocycles. The molecule has 23 heavy (non-hydrogen) atoms. The first-order valence-electron chi connectivity index (χ1n) is 8.20. The Balaban J connectivity index is 0.00000288. The van der Waals surface area contributed by atoms with Gasteiger partial charge in [-0.3, -0.25) is 4.79 Å². The van der Waals surface area contributed by atoms with Gasteiger partial charge in [0.2, 0.25) is 0 Å². The van der Waals surface area contributed by atoms with Crippen molar-refractivity contribution in [1.29, 1.82) is 0 Å². The summed E-state index contributed by atoms with van der Waals surface area (Å²) in [6.45, 7) is 8.20. The molecule has 0 amide bonds. The van der Waals surface area contributed by atoms with Crippen LogP contribution < -0.4 is 10.1 Å². The van der Waals surface area contributed by atoms with E-state index in [9.17, 15) is 4.79 Å². The number of nitrogens with one attached hydrogen (secondary N) is 1. The summed E-state index contributed by atoms with van der Waals surface area (Å²) < 4.78 is 5.83. The van der Waals surface area contributed by atoms with Crippen LogP contribution in [0.2, 0.25) is 0 Å². The van der Waals surface area contributed by atoms with E-state index in [1.54, 1.807) is 0 Å².